The summed E-state index contributed by atoms with van der Waals surface area (Å²) in [6, 6.07) is 17.3. The molecule has 0 aliphatic heterocycles. The second-order valence-corrected chi connectivity index (χ2v) is 4.76. The minimum atomic E-state index is 0.0391. The van der Waals surface area contributed by atoms with Crippen LogP contribution in [0.1, 0.15) is 11.1 Å². The van der Waals surface area contributed by atoms with Crippen molar-refractivity contribution < 1.29 is 4.74 Å². The minimum absolute atomic E-state index is 0.0391. The molecule has 0 spiro atoms. The number of benzene rings is 2. The average molecular weight is 277 g/mol. The molecule has 0 unspecified atom stereocenters. The van der Waals surface area contributed by atoms with E-state index in [1.165, 1.54) is 0 Å². The number of fused-ring (bicyclic) bond motifs is 1. The number of hydrogen-bond donors (Lipinski definition) is 2. The van der Waals surface area contributed by atoms with Crippen LogP contribution in [0.5, 0.6) is 5.75 Å². The van der Waals surface area contributed by atoms with Gasteiger partial charge in [-0.15, -0.1) is 0 Å². The fourth-order valence-electron chi connectivity index (χ4n) is 2.13. The number of nitrogens with one attached hydrogen (secondary N) is 1. The van der Waals surface area contributed by atoms with Gasteiger partial charge in [0, 0.05) is 17.1 Å². The van der Waals surface area contributed by atoms with E-state index in [9.17, 15) is 0 Å². The lowest BCUT2D eigenvalue weighted by atomic mass is 10.1. The highest BCUT2D eigenvalue weighted by Gasteiger charge is 2.01. The van der Waals surface area contributed by atoms with Gasteiger partial charge >= 0.3 is 0 Å². The first-order valence-electron chi connectivity index (χ1n) is 6.63. The third kappa shape index (κ3) is 3.00. The molecule has 0 amide bonds. The van der Waals surface area contributed by atoms with Gasteiger partial charge < -0.3 is 10.5 Å². The van der Waals surface area contributed by atoms with Gasteiger partial charge in [0.2, 0.25) is 0 Å². The molecule has 3 aromatic rings. The number of amidine groups is 1. The molecule has 0 radical (unpaired) electrons. The number of ether oxygens (including phenoxy) is 1. The lowest BCUT2D eigenvalue weighted by Gasteiger charge is -2.08. The highest BCUT2D eigenvalue weighted by molar-refractivity contribution is 5.95. The van der Waals surface area contributed by atoms with Crippen LogP contribution in [0.3, 0.4) is 0 Å². The van der Waals surface area contributed by atoms with Crippen molar-refractivity contribution in [1.29, 1.82) is 5.41 Å². The summed E-state index contributed by atoms with van der Waals surface area (Å²) in [5, 5.41) is 8.53. The van der Waals surface area contributed by atoms with Crippen molar-refractivity contribution in [3.63, 3.8) is 0 Å². The van der Waals surface area contributed by atoms with E-state index in [0.29, 0.717) is 17.9 Å². The molecule has 0 aliphatic carbocycles. The lowest BCUT2D eigenvalue weighted by molar-refractivity contribution is 0.306. The molecule has 4 nitrogen and oxygen atoms in total. The summed E-state index contributed by atoms with van der Waals surface area (Å²) in [6.07, 6.45) is 1.78. The summed E-state index contributed by atoms with van der Waals surface area (Å²) in [7, 11) is 0. The van der Waals surface area contributed by atoms with Crippen molar-refractivity contribution in [3.05, 3.63) is 71.9 Å². The zero-order valence-corrected chi connectivity index (χ0v) is 11.4. The Hall–Kier alpha value is -2.88. The van der Waals surface area contributed by atoms with E-state index in [1.54, 1.807) is 18.3 Å². The van der Waals surface area contributed by atoms with Crippen LogP contribution in [0.25, 0.3) is 10.9 Å². The highest BCUT2D eigenvalue weighted by Crippen LogP contribution is 2.17. The molecule has 0 saturated carbocycles. The monoisotopic (exact) mass is 277 g/mol. The standard InChI is InChI=1S/C17H15N3O/c18-17(19)14-3-1-5-15(10-14)21-11-12-6-7-16-13(9-12)4-2-8-20-16/h1-10H,11H2,(H3,18,19). The molecule has 0 fully saturated rings. The van der Waals surface area contributed by atoms with E-state index < -0.39 is 0 Å². The summed E-state index contributed by atoms with van der Waals surface area (Å²) in [4.78, 5) is 4.29. The first-order chi connectivity index (χ1) is 10.2. The van der Waals surface area contributed by atoms with Gasteiger partial charge in [0.15, 0.2) is 0 Å². The topological polar surface area (TPSA) is 72.0 Å². The summed E-state index contributed by atoms with van der Waals surface area (Å²) >= 11 is 0. The Balaban J connectivity index is 1.77. The van der Waals surface area contributed by atoms with E-state index in [1.807, 2.05) is 36.4 Å². The molecule has 1 heterocycles. The molecule has 3 rings (SSSR count). The summed E-state index contributed by atoms with van der Waals surface area (Å²) in [5.74, 6) is 0.742. The van der Waals surface area contributed by atoms with Crippen LogP contribution in [0, 0.1) is 5.41 Å². The second-order valence-electron chi connectivity index (χ2n) is 4.76. The Labute approximate surface area is 122 Å². The van der Waals surface area contributed by atoms with Gasteiger partial charge in [-0.1, -0.05) is 24.3 Å². The van der Waals surface area contributed by atoms with Crippen molar-refractivity contribution in [1.82, 2.24) is 4.98 Å². The Morgan fingerprint density at radius 2 is 2.00 bits per heavy atom. The van der Waals surface area contributed by atoms with E-state index in [2.05, 4.69) is 11.1 Å². The van der Waals surface area contributed by atoms with Crippen molar-refractivity contribution >= 4 is 16.7 Å². The first kappa shape index (κ1) is 13.1. The number of nitrogens with two attached hydrogens (primary N) is 1. The molecule has 3 N–H and O–H groups in total. The number of rotatable bonds is 4. The largest absolute Gasteiger partial charge is 0.489 e. The number of nitrogens with zero attached hydrogens (tertiary/aromatic N) is 1. The van der Waals surface area contributed by atoms with Crippen LogP contribution in [0.4, 0.5) is 0 Å². The van der Waals surface area contributed by atoms with Crippen LogP contribution >= 0.6 is 0 Å². The van der Waals surface area contributed by atoms with Gasteiger partial charge in [0.05, 0.1) is 5.52 Å². The predicted molar refractivity (Wildman–Crippen MR) is 83.5 cm³/mol. The molecule has 2 aromatic carbocycles. The Morgan fingerprint density at radius 1 is 1.10 bits per heavy atom. The molecule has 0 bridgehead atoms. The van der Waals surface area contributed by atoms with Gasteiger partial charge in [-0.2, -0.15) is 0 Å². The first-order valence-corrected chi connectivity index (χ1v) is 6.63. The number of hydrogen-bond acceptors (Lipinski definition) is 3. The Bertz CT molecular complexity index is 799. The molecular weight excluding hydrogens is 262 g/mol. The van der Waals surface area contributed by atoms with Crippen LogP contribution in [-0.4, -0.2) is 10.8 Å². The molecular formula is C17H15N3O. The van der Waals surface area contributed by atoms with Crippen LogP contribution < -0.4 is 10.5 Å². The number of nitrogen functional groups attached to an aromatic ring is 1. The molecule has 0 aliphatic rings. The normalized spacial score (nSPS) is 10.5. The van der Waals surface area contributed by atoms with E-state index in [-0.39, 0.29) is 5.84 Å². The predicted octanol–water partition coefficient (Wildman–Crippen LogP) is 3.10. The van der Waals surface area contributed by atoms with Gasteiger partial charge in [0.1, 0.15) is 18.2 Å². The number of aromatic nitrogens is 1. The average Bonchev–Trinajstić information content (AvgIpc) is 2.53. The zero-order chi connectivity index (χ0) is 14.7. The van der Waals surface area contributed by atoms with Crippen molar-refractivity contribution in [2.45, 2.75) is 6.61 Å². The van der Waals surface area contributed by atoms with Crippen molar-refractivity contribution in [2.75, 3.05) is 0 Å². The fourth-order valence-corrected chi connectivity index (χ4v) is 2.13. The summed E-state index contributed by atoms with van der Waals surface area (Å²) < 4.78 is 5.76. The van der Waals surface area contributed by atoms with Gasteiger partial charge in [-0.05, 0) is 35.9 Å². The number of pyridine rings is 1. The maximum atomic E-state index is 7.43. The van der Waals surface area contributed by atoms with E-state index in [4.69, 9.17) is 15.9 Å². The molecule has 21 heavy (non-hydrogen) atoms. The highest BCUT2D eigenvalue weighted by atomic mass is 16.5. The smallest absolute Gasteiger partial charge is 0.122 e. The van der Waals surface area contributed by atoms with Crippen molar-refractivity contribution in [3.8, 4) is 5.75 Å². The van der Waals surface area contributed by atoms with Crippen LogP contribution in [0.2, 0.25) is 0 Å². The van der Waals surface area contributed by atoms with Gasteiger partial charge in [-0.3, -0.25) is 10.4 Å². The second kappa shape index (κ2) is 5.63. The Kier molecular flexibility index (Phi) is 3.51. The van der Waals surface area contributed by atoms with Gasteiger partial charge in [0.25, 0.3) is 0 Å². The molecule has 104 valence electrons. The SMILES string of the molecule is N=C(N)c1cccc(OCc2ccc3ncccc3c2)c1. The summed E-state index contributed by atoms with van der Waals surface area (Å²) in [5.41, 5.74) is 8.18. The van der Waals surface area contributed by atoms with Crippen molar-refractivity contribution in [2.24, 2.45) is 5.73 Å². The van der Waals surface area contributed by atoms with Crippen LogP contribution in [0.15, 0.2) is 60.8 Å². The molecule has 0 saturated heterocycles. The maximum Gasteiger partial charge on any atom is 0.122 e. The third-order valence-electron chi connectivity index (χ3n) is 3.22. The van der Waals surface area contributed by atoms with E-state index in [0.717, 1.165) is 16.5 Å². The van der Waals surface area contributed by atoms with Crippen LogP contribution in [-0.2, 0) is 6.61 Å². The fraction of sp³-hybridized carbons (Fsp3) is 0.0588. The molecule has 1 aromatic heterocycles. The molecule has 4 heteroatoms. The maximum absolute atomic E-state index is 7.43. The quantitative estimate of drug-likeness (QED) is 0.568. The van der Waals surface area contributed by atoms with Gasteiger partial charge in [-0.25, -0.2) is 0 Å². The molecule has 0 atom stereocenters. The Morgan fingerprint density at radius 3 is 2.86 bits per heavy atom. The zero-order valence-electron chi connectivity index (χ0n) is 11.4. The minimum Gasteiger partial charge on any atom is -0.489 e. The third-order valence-corrected chi connectivity index (χ3v) is 3.22. The lowest BCUT2D eigenvalue weighted by Crippen LogP contribution is -2.10. The summed E-state index contributed by atoms with van der Waals surface area (Å²) in [6.45, 7) is 0.464. The van der Waals surface area contributed by atoms with E-state index >= 15 is 0 Å².